The van der Waals surface area contributed by atoms with Crippen LogP contribution >= 0.6 is 11.3 Å². The van der Waals surface area contributed by atoms with Crippen LogP contribution in [-0.4, -0.2) is 45.4 Å². The van der Waals surface area contributed by atoms with Gasteiger partial charge in [-0.15, -0.1) is 11.3 Å². The summed E-state index contributed by atoms with van der Waals surface area (Å²) in [5.74, 6) is -0.289. The van der Waals surface area contributed by atoms with Crippen molar-refractivity contribution in [2.45, 2.75) is 10.4 Å². The molecule has 148 valence electrons. The maximum atomic E-state index is 12.5. The summed E-state index contributed by atoms with van der Waals surface area (Å²) in [4.78, 5) is 11.8. The van der Waals surface area contributed by atoms with Gasteiger partial charge < -0.3 is 10.1 Å². The number of hydrogen-bond acceptors (Lipinski definition) is 5. The van der Waals surface area contributed by atoms with Gasteiger partial charge in [-0.1, -0.05) is 6.07 Å². The Morgan fingerprint density at radius 2 is 1.89 bits per heavy atom. The minimum Gasteiger partial charge on any atom is -0.492 e. The molecule has 27 heavy (non-hydrogen) atoms. The Bertz CT molecular complexity index is 851. The number of carbonyl (C=O) groups is 1. The Labute approximate surface area is 158 Å². The van der Waals surface area contributed by atoms with Crippen LogP contribution in [0, 0.1) is 0 Å². The summed E-state index contributed by atoms with van der Waals surface area (Å²) < 4.78 is 68.1. The van der Waals surface area contributed by atoms with Gasteiger partial charge in [-0.2, -0.15) is 17.5 Å². The van der Waals surface area contributed by atoms with Crippen LogP contribution < -0.4 is 10.1 Å². The van der Waals surface area contributed by atoms with Gasteiger partial charge in [-0.3, -0.25) is 4.79 Å². The molecular formula is C16H17F3N2O4S2. The summed E-state index contributed by atoms with van der Waals surface area (Å²) >= 11 is 1.06. The largest absolute Gasteiger partial charge is 0.492 e. The predicted octanol–water partition coefficient (Wildman–Crippen LogP) is 2.58. The van der Waals surface area contributed by atoms with Gasteiger partial charge in [-0.25, -0.2) is 8.42 Å². The summed E-state index contributed by atoms with van der Waals surface area (Å²) in [7, 11) is -2.41. The molecule has 0 saturated heterocycles. The van der Waals surface area contributed by atoms with Crippen LogP contribution in [0.5, 0.6) is 5.75 Å². The molecule has 2 rings (SSSR count). The lowest BCUT2D eigenvalue weighted by Crippen LogP contribution is -2.39. The average molecular weight is 422 g/mol. The fraction of sp³-hybridized carbons (Fsp3) is 0.312. The third-order valence-electron chi connectivity index (χ3n) is 3.40. The van der Waals surface area contributed by atoms with Crippen molar-refractivity contribution >= 4 is 27.3 Å². The third kappa shape index (κ3) is 5.94. The number of rotatable bonds is 8. The number of ether oxygens (including phenoxy) is 1. The molecule has 0 fully saturated rings. The van der Waals surface area contributed by atoms with E-state index in [1.807, 2.05) is 0 Å². The van der Waals surface area contributed by atoms with E-state index in [1.54, 1.807) is 11.4 Å². The topological polar surface area (TPSA) is 75.7 Å². The standard InChI is InChI=1S/C16H17F3N2O4S2/c1-21(27(23,24)15-3-2-10-26-15)11-14(22)20-8-9-25-13-6-4-12(5-7-13)16(17,18)19/h2-7,10H,8-9,11H2,1H3,(H,20,22). The fourth-order valence-electron chi connectivity index (χ4n) is 2.01. The van der Waals surface area contributed by atoms with E-state index >= 15 is 0 Å². The molecule has 0 aliphatic carbocycles. The molecule has 0 saturated carbocycles. The van der Waals surface area contributed by atoms with Gasteiger partial charge >= 0.3 is 6.18 Å². The first-order valence-corrected chi connectivity index (χ1v) is 9.99. The molecule has 11 heteroatoms. The lowest BCUT2D eigenvalue weighted by Gasteiger charge is -2.15. The van der Waals surface area contributed by atoms with Crippen molar-refractivity contribution in [3.05, 3.63) is 47.3 Å². The number of amides is 1. The predicted molar refractivity (Wildman–Crippen MR) is 94.1 cm³/mol. The van der Waals surface area contributed by atoms with Gasteiger partial charge in [0, 0.05) is 7.05 Å². The molecule has 0 atom stereocenters. The normalized spacial score (nSPS) is 12.2. The second-order valence-corrected chi connectivity index (χ2v) is 8.63. The molecular weight excluding hydrogens is 405 g/mol. The third-order valence-corrected chi connectivity index (χ3v) is 6.58. The average Bonchev–Trinajstić information content (AvgIpc) is 3.13. The molecule has 2 aromatic rings. The Morgan fingerprint density at radius 1 is 1.22 bits per heavy atom. The molecule has 0 radical (unpaired) electrons. The molecule has 1 aromatic heterocycles. The quantitative estimate of drug-likeness (QED) is 0.664. The zero-order valence-electron chi connectivity index (χ0n) is 14.2. The number of likely N-dealkylation sites (N-methyl/N-ethyl adjacent to an activating group) is 1. The number of halogens is 3. The van der Waals surface area contributed by atoms with Gasteiger partial charge in [0.1, 0.15) is 16.6 Å². The van der Waals surface area contributed by atoms with E-state index in [0.717, 1.165) is 27.8 Å². The minimum absolute atomic E-state index is 0.0263. The smallest absolute Gasteiger partial charge is 0.416 e. The van der Waals surface area contributed by atoms with Crippen molar-refractivity contribution in [3.63, 3.8) is 0 Å². The van der Waals surface area contributed by atoms with Gasteiger partial charge in [0.2, 0.25) is 5.91 Å². The van der Waals surface area contributed by atoms with E-state index in [4.69, 9.17) is 4.74 Å². The highest BCUT2D eigenvalue weighted by Gasteiger charge is 2.30. The van der Waals surface area contributed by atoms with E-state index in [9.17, 15) is 26.4 Å². The first kappa shape index (κ1) is 21.2. The lowest BCUT2D eigenvalue weighted by molar-refractivity contribution is -0.137. The Balaban J connectivity index is 1.75. The molecule has 0 aliphatic heterocycles. The molecule has 0 aliphatic rings. The summed E-state index contributed by atoms with van der Waals surface area (Å²) in [6.45, 7) is -0.258. The van der Waals surface area contributed by atoms with Crippen molar-refractivity contribution in [1.29, 1.82) is 0 Å². The van der Waals surface area contributed by atoms with Crippen molar-refractivity contribution in [1.82, 2.24) is 9.62 Å². The number of sulfonamides is 1. The maximum Gasteiger partial charge on any atom is 0.416 e. The van der Waals surface area contributed by atoms with Gasteiger partial charge in [0.15, 0.2) is 0 Å². The molecule has 1 amide bonds. The second-order valence-electron chi connectivity index (χ2n) is 5.41. The van der Waals surface area contributed by atoms with E-state index in [-0.39, 0.29) is 29.7 Å². The Kier molecular flexibility index (Phi) is 6.84. The van der Waals surface area contributed by atoms with E-state index in [0.29, 0.717) is 0 Å². The van der Waals surface area contributed by atoms with Crippen LogP contribution in [0.4, 0.5) is 13.2 Å². The number of nitrogens with zero attached hydrogens (tertiary/aromatic N) is 1. The molecule has 1 heterocycles. The molecule has 0 unspecified atom stereocenters. The Hall–Kier alpha value is -2.11. The van der Waals surface area contributed by atoms with Crippen molar-refractivity contribution in [2.75, 3.05) is 26.7 Å². The monoisotopic (exact) mass is 422 g/mol. The number of thiophene rings is 1. The minimum atomic E-state index is -4.41. The zero-order chi connectivity index (χ0) is 20.1. The zero-order valence-corrected chi connectivity index (χ0v) is 15.8. The van der Waals surface area contributed by atoms with Crippen LogP contribution in [0.15, 0.2) is 46.0 Å². The number of alkyl halides is 3. The van der Waals surface area contributed by atoms with Gasteiger partial charge in [-0.05, 0) is 35.7 Å². The number of nitrogens with one attached hydrogen (secondary N) is 1. The van der Waals surface area contributed by atoms with Crippen LogP contribution in [0.2, 0.25) is 0 Å². The first-order valence-electron chi connectivity index (χ1n) is 7.67. The molecule has 1 aromatic carbocycles. The van der Waals surface area contributed by atoms with E-state index in [1.165, 1.54) is 25.2 Å². The SMILES string of the molecule is CN(CC(=O)NCCOc1ccc(C(F)(F)F)cc1)S(=O)(=O)c1cccs1. The van der Waals surface area contributed by atoms with Gasteiger partial charge in [0.05, 0.1) is 18.7 Å². The lowest BCUT2D eigenvalue weighted by atomic mass is 10.2. The first-order chi connectivity index (χ1) is 12.6. The maximum absolute atomic E-state index is 12.5. The fourth-order valence-corrected chi connectivity index (χ4v) is 4.33. The number of carbonyl (C=O) groups excluding carboxylic acids is 1. The van der Waals surface area contributed by atoms with Gasteiger partial charge in [0.25, 0.3) is 10.0 Å². The summed E-state index contributed by atoms with van der Waals surface area (Å²) in [5, 5.41) is 4.11. The highest BCUT2D eigenvalue weighted by atomic mass is 32.2. The van der Waals surface area contributed by atoms with E-state index in [2.05, 4.69) is 5.32 Å². The second kappa shape index (κ2) is 8.72. The molecule has 0 spiro atoms. The highest BCUT2D eigenvalue weighted by Crippen LogP contribution is 2.30. The molecule has 1 N–H and O–H groups in total. The summed E-state index contributed by atoms with van der Waals surface area (Å²) in [6.07, 6.45) is -4.41. The number of benzene rings is 1. The summed E-state index contributed by atoms with van der Waals surface area (Å²) in [5.41, 5.74) is -0.780. The molecule has 6 nitrogen and oxygen atoms in total. The summed E-state index contributed by atoms with van der Waals surface area (Å²) in [6, 6.07) is 7.23. The van der Waals surface area contributed by atoms with Crippen LogP contribution in [0.1, 0.15) is 5.56 Å². The van der Waals surface area contributed by atoms with Crippen LogP contribution in [0.25, 0.3) is 0 Å². The van der Waals surface area contributed by atoms with Crippen molar-refractivity contribution in [3.8, 4) is 5.75 Å². The van der Waals surface area contributed by atoms with Crippen molar-refractivity contribution in [2.24, 2.45) is 0 Å². The van der Waals surface area contributed by atoms with E-state index < -0.39 is 27.7 Å². The van der Waals surface area contributed by atoms with Crippen LogP contribution in [-0.2, 0) is 21.0 Å². The Morgan fingerprint density at radius 3 is 2.44 bits per heavy atom. The highest BCUT2D eigenvalue weighted by molar-refractivity contribution is 7.91. The molecule has 0 bridgehead atoms. The van der Waals surface area contributed by atoms with Crippen molar-refractivity contribution < 1.29 is 31.1 Å². The number of hydrogen-bond donors (Lipinski definition) is 1. The van der Waals surface area contributed by atoms with Crippen LogP contribution in [0.3, 0.4) is 0 Å².